The summed E-state index contributed by atoms with van der Waals surface area (Å²) in [6.07, 6.45) is 0. The fourth-order valence-electron chi connectivity index (χ4n) is 3.33. The van der Waals surface area contributed by atoms with Crippen molar-refractivity contribution >= 4 is 53.3 Å². The van der Waals surface area contributed by atoms with Gasteiger partial charge in [0.05, 0.1) is 11.0 Å². The van der Waals surface area contributed by atoms with Gasteiger partial charge in [0, 0.05) is 30.9 Å². The molecule has 0 atom stereocenters. The van der Waals surface area contributed by atoms with Crippen LogP contribution < -0.4 is 0 Å². The molecule has 0 spiro atoms. The first-order valence-electron chi connectivity index (χ1n) is 7.28. The molecule has 0 saturated heterocycles. The van der Waals surface area contributed by atoms with Gasteiger partial charge in [-0.3, -0.25) is 0 Å². The van der Waals surface area contributed by atoms with Gasteiger partial charge in [-0.2, -0.15) is 4.73 Å². The first-order valence-corrected chi connectivity index (χ1v) is 8.09. The van der Waals surface area contributed by atoms with Crippen LogP contribution in [0.4, 0.5) is 0 Å². The van der Waals surface area contributed by atoms with E-state index in [-0.39, 0.29) is 0 Å². The van der Waals surface area contributed by atoms with E-state index in [0.717, 1.165) is 27.4 Å². The Morgan fingerprint density at radius 3 is 2.50 bits per heavy atom. The summed E-state index contributed by atoms with van der Waals surface area (Å²) in [5.41, 5.74) is 2.89. The van der Waals surface area contributed by atoms with Crippen LogP contribution in [0.3, 0.4) is 0 Å². The lowest BCUT2D eigenvalue weighted by Gasteiger charge is -1.97. The van der Waals surface area contributed by atoms with Crippen molar-refractivity contribution < 1.29 is 5.21 Å². The molecule has 0 unspecified atom stereocenters. The molecule has 0 amide bonds. The third-order valence-corrected chi connectivity index (χ3v) is 5.53. The Balaban J connectivity index is 2.04. The molecule has 0 bridgehead atoms. The second kappa shape index (κ2) is 4.02. The van der Waals surface area contributed by atoms with Crippen molar-refractivity contribution in [2.45, 2.75) is 6.92 Å². The van der Waals surface area contributed by atoms with Crippen LogP contribution in [0.5, 0.6) is 0 Å². The highest BCUT2D eigenvalue weighted by molar-refractivity contribution is 7.25. The van der Waals surface area contributed by atoms with Crippen LogP contribution in [0.15, 0.2) is 54.6 Å². The van der Waals surface area contributed by atoms with Gasteiger partial charge in [0.1, 0.15) is 0 Å². The Morgan fingerprint density at radius 1 is 0.773 bits per heavy atom. The molecule has 106 valence electrons. The summed E-state index contributed by atoms with van der Waals surface area (Å²) in [6, 6.07) is 19.0. The average molecular weight is 303 g/mol. The van der Waals surface area contributed by atoms with Crippen LogP contribution >= 0.6 is 11.3 Å². The second-order valence-electron chi connectivity index (χ2n) is 5.80. The van der Waals surface area contributed by atoms with E-state index in [1.54, 1.807) is 11.3 Å². The number of hydrogen-bond acceptors (Lipinski definition) is 2. The molecule has 2 aromatic heterocycles. The molecule has 3 heteroatoms. The molecular weight excluding hydrogens is 290 g/mol. The number of rotatable bonds is 0. The minimum atomic E-state index is 0.872. The minimum absolute atomic E-state index is 0.872. The van der Waals surface area contributed by atoms with Crippen molar-refractivity contribution in [3.05, 3.63) is 60.2 Å². The maximum absolute atomic E-state index is 10.6. The van der Waals surface area contributed by atoms with Crippen molar-refractivity contribution in [2.24, 2.45) is 0 Å². The molecule has 5 aromatic rings. The van der Waals surface area contributed by atoms with E-state index in [4.69, 9.17) is 0 Å². The number of aromatic nitrogens is 1. The van der Waals surface area contributed by atoms with Crippen LogP contribution in [0.2, 0.25) is 0 Å². The van der Waals surface area contributed by atoms with Crippen molar-refractivity contribution in [3.63, 3.8) is 0 Å². The molecule has 0 radical (unpaired) electrons. The lowest BCUT2D eigenvalue weighted by atomic mass is 10.1. The number of aryl methyl sites for hydroxylation is 1. The van der Waals surface area contributed by atoms with Gasteiger partial charge in [0.2, 0.25) is 0 Å². The molecule has 0 fully saturated rings. The highest BCUT2D eigenvalue weighted by Gasteiger charge is 2.13. The first-order chi connectivity index (χ1) is 10.7. The third kappa shape index (κ3) is 1.44. The molecule has 0 saturated carbocycles. The lowest BCUT2D eigenvalue weighted by Crippen LogP contribution is -1.88. The van der Waals surface area contributed by atoms with Gasteiger partial charge >= 0.3 is 0 Å². The van der Waals surface area contributed by atoms with Gasteiger partial charge < -0.3 is 5.21 Å². The summed E-state index contributed by atoms with van der Waals surface area (Å²) in [4.78, 5) is 0. The smallest absolute Gasteiger partial charge is 0.0886 e. The van der Waals surface area contributed by atoms with Crippen LogP contribution in [0.25, 0.3) is 42.0 Å². The largest absolute Gasteiger partial charge is 0.428 e. The van der Waals surface area contributed by atoms with Gasteiger partial charge in [0.25, 0.3) is 0 Å². The van der Waals surface area contributed by atoms with Crippen molar-refractivity contribution in [1.82, 2.24) is 4.73 Å². The third-order valence-electron chi connectivity index (χ3n) is 4.39. The Morgan fingerprint density at radius 2 is 1.59 bits per heavy atom. The zero-order valence-corrected chi connectivity index (χ0v) is 12.8. The summed E-state index contributed by atoms with van der Waals surface area (Å²) in [6.45, 7) is 2.04. The molecule has 3 aromatic carbocycles. The first kappa shape index (κ1) is 12.1. The van der Waals surface area contributed by atoms with Crippen LogP contribution in [0, 0.1) is 6.92 Å². The molecule has 22 heavy (non-hydrogen) atoms. The fraction of sp³-hybridized carbons (Fsp3) is 0.0526. The molecule has 1 N–H and O–H groups in total. The van der Waals surface area contributed by atoms with Crippen molar-refractivity contribution in [1.29, 1.82) is 0 Å². The molecule has 2 heterocycles. The summed E-state index contributed by atoms with van der Waals surface area (Å²) in [5.74, 6) is 0. The lowest BCUT2D eigenvalue weighted by molar-refractivity contribution is 0.213. The Hall–Kier alpha value is -2.52. The zero-order valence-electron chi connectivity index (χ0n) is 12.0. The standard InChI is InChI=1S/C19H13NOS/c1-11-6-7-12-14-10-19-15(9-17(14)20(21)16(12)8-11)13-4-2-3-5-18(13)22-19/h2-10,21H,1H3. The predicted octanol–water partition coefficient (Wildman–Crippen LogP) is 5.71. The predicted molar refractivity (Wildman–Crippen MR) is 94.3 cm³/mol. The summed E-state index contributed by atoms with van der Waals surface area (Å²) in [7, 11) is 0. The quantitative estimate of drug-likeness (QED) is 0.364. The summed E-state index contributed by atoms with van der Waals surface area (Å²) >= 11 is 1.81. The van der Waals surface area contributed by atoms with Crippen molar-refractivity contribution in [3.8, 4) is 0 Å². The average Bonchev–Trinajstić information content (AvgIpc) is 3.02. The van der Waals surface area contributed by atoms with E-state index in [1.165, 1.54) is 24.9 Å². The van der Waals surface area contributed by atoms with Crippen LogP contribution in [-0.4, -0.2) is 9.94 Å². The number of nitrogens with zero attached hydrogens (tertiary/aromatic N) is 1. The van der Waals surface area contributed by atoms with Crippen LogP contribution in [-0.2, 0) is 0 Å². The topological polar surface area (TPSA) is 25.2 Å². The van der Waals surface area contributed by atoms with E-state index in [2.05, 4.69) is 48.5 Å². The van der Waals surface area contributed by atoms with E-state index in [9.17, 15) is 5.21 Å². The SMILES string of the molecule is Cc1ccc2c3cc4sc5ccccc5c4cc3n(O)c2c1. The summed E-state index contributed by atoms with van der Waals surface area (Å²) < 4.78 is 3.88. The normalized spacial score (nSPS) is 12.0. The molecule has 0 aliphatic rings. The maximum Gasteiger partial charge on any atom is 0.0886 e. The highest BCUT2D eigenvalue weighted by atomic mass is 32.1. The van der Waals surface area contributed by atoms with Gasteiger partial charge in [-0.15, -0.1) is 11.3 Å². The molecule has 0 aliphatic carbocycles. The van der Waals surface area contributed by atoms with Gasteiger partial charge in [-0.25, -0.2) is 0 Å². The monoisotopic (exact) mass is 303 g/mol. The minimum Gasteiger partial charge on any atom is -0.428 e. The molecule has 2 nitrogen and oxygen atoms in total. The number of hydrogen-bond donors (Lipinski definition) is 1. The highest BCUT2D eigenvalue weighted by Crippen LogP contribution is 2.39. The number of thiophene rings is 1. The number of benzene rings is 3. The van der Waals surface area contributed by atoms with Gasteiger partial charge in [-0.1, -0.05) is 30.3 Å². The van der Waals surface area contributed by atoms with E-state index < -0.39 is 0 Å². The molecular formula is C19H13NOS. The fourth-order valence-corrected chi connectivity index (χ4v) is 4.45. The Labute approximate surface area is 130 Å². The maximum atomic E-state index is 10.6. The molecule has 0 aliphatic heterocycles. The summed E-state index contributed by atoms with van der Waals surface area (Å²) in [5, 5.41) is 15.2. The van der Waals surface area contributed by atoms with E-state index >= 15 is 0 Å². The van der Waals surface area contributed by atoms with Crippen molar-refractivity contribution in [2.75, 3.05) is 0 Å². The molecule has 5 rings (SSSR count). The Kier molecular flexibility index (Phi) is 2.20. The van der Waals surface area contributed by atoms with E-state index in [0.29, 0.717) is 0 Å². The van der Waals surface area contributed by atoms with E-state index in [1.807, 2.05) is 13.0 Å². The Bertz CT molecular complexity index is 1200. The van der Waals surface area contributed by atoms with Crippen LogP contribution in [0.1, 0.15) is 5.56 Å². The van der Waals surface area contributed by atoms with Gasteiger partial charge in [0.15, 0.2) is 0 Å². The van der Waals surface area contributed by atoms with Gasteiger partial charge in [-0.05, 0) is 36.8 Å². The zero-order chi connectivity index (χ0) is 14.8. The number of fused-ring (bicyclic) bond motifs is 6. The second-order valence-corrected chi connectivity index (χ2v) is 6.88.